The van der Waals surface area contributed by atoms with Crippen LogP contribution in [0.2, 0.25) is 0 Å². The zero-order chi connectivity index (χ0) is 21.8. The molecular formula is C25H24N2O4. The lowest BCUT2D eigenvalue weighted by molar-refractivity contribution is -0.139. The highest BCUT2D eigenvalue weighted by Gasteiger charge is 2.29. The summed E-state index contributed by atoms with van der Waals surface area (Å²) in [6.07, 6.45) is 3.48. The SMILES string of the molecule is Cc1cncc(CCC(NC(=O)OCC2c3ccccc3-c3ccccc32)C(=O)O)c1. The number of fused-ring (bicyclic) bond motifs is 3. The summed E-state index contributed by atoms with van der Waals surface area (Å²) < 4.78 is 5.47. The van der Waals surface area contributed by atoms with Gasteiger partial charge in [-0.05, 0) is 53.1 Å². The van der Waals surface area contributed by atoms with Crippen molar-refractivity contribution in [2.45, 2.75) is 31.7 Å². The van der Waals surface area contributed by atoms with Gasteiger partial charge < -0.3 is 15.2 Å². The zero-order valence-electron chi connectivity index (χ0n) is 17.2. The van der Waals surface area contributed by atoms with Gasteiger partial charge in [0, 0.05) is 18.3 Å². The van der Waals surface area contributed by atoms with Gasteiger partial charge in [0.1, 0.15) is 12.6 Å². The number of nitrogens with one attached hydrogen (secondary N) is 1. The number of ether oxygens (including phenoxy) is 1. The van der Waals surface area contributed by atoms with Crippen LogP contribution in [0.3, 0.4) is 0 Å². The fourth-order valence-corrected chi connectivity index (χ4v) is 4.10. The van der Waals surface area contributed by atoms with Crippen molar-refractivity contribution in [2.24, 2.45) is 0 Å². The number of aromatic nitrogens is 1. The summed E-state index contributed by atoms with van der Waals surface area (Å²) in [6, 6.07) is 17.1. The van der Waals surface area contributed by atoms with E-state index in [4.69, 9.17) is 4.74 Å². The van der Waals surface area contributed by atoms with Crippen molar-refractivity contribution in [3.63, 3.8) is 0 Å². The van der Waals surface area contributed by atoms with Gasteiger partial charge in [-0.25, -0.2) is 9.59 Å². The molecule has 6 nitrogen and oxygen atoms in total. The molecule has 31 heavy (non-hydrogen) atoms. The molecule has 0 fully saturated rings. The van der Waals surface area contributed by atoms with Gasteiger partial charge >= 0.3 is 12.1 Å². The summed E-state index contributed by atoms with van der Waals surface area (Å²) in [7, 11) is 0. The minimum absolute atomic E-state index is 0.0696. The first-order chi connectivity index (χ1) is 15.0. The number of benzene rings is 2. The van der Waals surface area contributed by atoms with E-state index in [0.717, 1.165) is 33.4 Å². The summed E-state index contributed by atoms with van der Waals surface area (Å²) in [6.45, 7) is 2.08. The van der Waals surface area contributed by atoms with Gasteiger partial charge in [-0.1, -0.05) is 54.6 Å². The number of pyridine rings is 1. The largest absolute Gasteiger partial charge is 0.480 e. The number of amides is 1. The van der Waals surface area contributed by atoms with Crippen LogP contribution in [-0.4, -0.2) is 34.8 Å². The van der Waals surface area contributed by atoms with Crippen molar-refractivity contribution >= 4 is 12.1 Å². The number of rotatable bonds is 7. The molecule has 0 bridgehead atoms. The first kappa shape index (κ1) is 20.6. The van der Waals surface area contributed by atoms with Crippen LogP contribution < -0.4 is 5.32 Å². The van der Waals surface area contributed by atoms with Gasteiger partial charge in [-0.2, -0.15) is 0 Å². The number of carbonyl (C=O) groups excluding carboxylic acids is 1. The zero-order valence-corrected chi connectivity index (χ0v) is 17.2. The highest BCUT2D eigenvalue weighted by Crippen LogP contribution is 2.44. The molecule has 1 aliphatic rings. The molecule has 1 heterocycles. The molecule has 1 unspecified atom stereocenters. The minimum atomic E-state index is -1.09. The summed E-state index contributed by atoms with van der Waals surface area (Å²) in [5.41, 5.74) is 6.44. The van der Waals surface area contributed by atoms with E-state index in [-0.39, 0.29) is 18.9 Å². The third-order valence-corrected chi connectivity index (χ3v) is 5.59. The third kappa shape index (κ3) is 4.58. The maximum absolute atomic E-state index is 12.4. The van der Waals surface area contributed by atoms with Crippen LogP contribution >= 0.6 is 0 Å². The predicted molar refractivity (Wildman–Crippen MR) is 117 cm³/mol. The van der Waals surface area contributed by atoms with E-state index in [1.807, 2.05) is 49.4 Å². The maximum Gasteiger partial charge on any atom is 0.407 e. The van der Waals surface area contributed by atoms with Gasteiger partial charge in [-0.3, -0.25) is 4.98 Å². The molecule has 0 aliphatic heterocycles. The molecular weight excluding hydrogens is 392 g/mol. The number of aryl methyl sites for hydroxylation is 2. The molecule has 0 saturated heterocycles. The van der Waals surface area contributed by atoms with Crippen LogP contribution in [0.15, 0.2) is 67.0 Å². The lowest BCUT2D eigenvalue weighted by Gasteiger charge is -2.17. The first-order valence-electron chi connectivity index (χ1n) is 10.3. The molecule has 1 amide bonds. The summed E-state index contributed by atoms with van der Waals surface area (Å²) >= 11 is 0. The van der Waals surface area contributed by atoms with Crippen LogP contribution in [0.1, 0.15) is 34.6 Å². The molecule has 1 atom stereocenters. The molecule has 2 N–H and O–H groups in total. The van der Waals surface area contributed by atoms with Crippen molar-refractivity contribution in [3.05, 3.63) is 89.2 Å². The number of alkyl carbamates (subject to hydrolysis) is 1. The Bertz CT molecular complexity index is 1070. The molecule has 2 aromatic carbocycles. The summed E-state index contributed by atoms with van der Waals surface area (Å²) in [5, 5.41) is 12.0. The molecule has 1 aliphatic carbocycles. The number of carboxylic acid groups (broad SMARTS) is 1. The molecule has 3 aromatic rings. The topological polar surface area (TPSA) is 88.5 Å². The van der Waals surface area contributed by atoms with E-state index in [1.165, 1.54) is 0 Å². The lowest BCUT2D eigenvalue weighted by Crippen LogP contribution is -2.41. The fraction of sp³-hybridized carbons (Fsp3) is 0.240. The number of nitrogens with zero attached hydrogens (tertiary/aromatic N) is 1. The molecule has 4 rings (SSSR count). The Hall–Kier alpha value is -3.67. The average Bonchev–Trinajstić information content (AvgIpc) is 3.09. The van der Waals surface area contributed by atoms with Crippen molar-refractivity contribution < 1.29 is 19.4 Å². The maximum atomic E-state index is 12.4. The van der Waals surface area contributed by atoms with E-state index in [1.54, 1.807) is 12.4 Å². The minimum Gasteiger partial charge on any atom is -0.480 e. The number of carbonyl (C=O) groups is 2. The van der Waals surface area contributed by atoms with Gasteiger partial charge in [0.05, 0.1) is 0 Å². The molecule has 1 aromatic heterocycles. The summed E-state index contributed by atoms with van der Waals surface area (Å²) in [4.78, 5) is 28.1. The van der Waals surface area contributed by atoms with E-state index in [2.05, 4.69) is 22.4 Å². The number of hydrogen-bond acceptors (Lipinski definition) is 4. The predicted octanol–water partition coefficient (Wildman–Crippen LogP) is 4.31. The lowest BCUT2D eigenvalue weighted by atomic mass is 9.98. The average molecular weight is 416 g/mol. The van der Waals surface area contributed by atoms with E-state index < -0.39 is 18.1 Å². The van der Waals surface area contributed by atoms with Crippen molar-refractivity contribution in [1.29, 1.82) is 0 Å². The van der Waals surface area contributed by atoms with E-state index in [9.17, 15) is 14.7 Å². The van der Waals surface area contributed by atoms with Crippen molar-refractivity contribution in [3.8, 4) is 11.1 Å². The first-order valence-corrected chi connectivity index (χ1v) is 10.3. The molecule has 0 saturated carbocycles. The standard InChI is InChI=1S/C25H24N2O4/c1-16-12-17(14-26-13-16)10-11-23(24(28)29)27-25(30)31-15-22-20-8-4-2-6-18(20)19-7-3-5-9-21(19)22/h2-9,12-14,22-23H,10-11,15H2,1H3,(H,27,30)(H,28,29). The quantitative estimate of drug-likeness (QED) is 0.599. The Kier molecular flexibility index (Phi) is 5.98. The number of carboxylic acids is 1. The van der Waals surface area contributed by atoms with E-state index in [0.29, 0.717) is 6.42 Å². The van der Waals surface area contributed by atoms with Crippen LogP contribution in [0.25, 0.3) is 11.1 Å². The second-order valence-electron chi connectivity index (χ2n) is 7.77. The monoisotopic (exact) mass is 416 g/mol. The highest BCUT2D eigenvalue weighted by atomic mass is 16.5. The molecule has 0 radical (unpaired) electrons. The van der Waals surface area contributed by atoms with Gasteiger partial charge in [0.2, 0.25) is 0 Å². The van der Waals surface area contributed by atoms with Gasteiger partial charge in [0.15, 0.2) is 0 Å². The summed E-state index contributed by atoms with van der Waals surface area (Å²) in [5.74, 6) is -1.16. The Morgan fingerprint density at radius 2 is 1.71 bits per heavy atom. The van der Waals surface area contributed by atoms with Crippen LogP contribution in [0.4, 0.5) is 4.79 Å². The van der Waals surface area contributed by atoms with Gasteiger partial charge in [0.25, 0.3) is 0 Å². The van der Waals surface area contributed by atoms with Crippen molar-refractivity contribution in [1.82, 2.24) is 10.3 Å². The Balaban J connectivity index is 1.38. The van der Waals surface area contributed by atoms with Crippen molar-refractivity contribution in [2.75, 3.05) is 6.61 Å². The fourth-order valence-electron chi connectivity index (χ4n) is 4.10. The normalized spacial score (nSPS) is 13.2. The second kappa shape index (κ2) is 9.00. The van der Waals surface area contributed by atoms with Crippen LogP contribution in [0.5, 0.6) is 0 Å². The molecule has 0 spiro atoms. The second-order valence-corrected chi connectivity index (χ2v) is 7.77. The molecule has 6 heteroatoms. The Labute approximate surface area is 180 Å². The Morgan fingerprint density at radius 1 is 1.06 bits per heavy atom. The smallest absolute Gasteiger partial charge is 0.407 e. The van der Waals surface area contributed by atoms with E-state index >= 15 is 0 Å². The number of hydrogen-bond donors (Lipinski definition) is 2. The van der Waals surface area contributed by atoms with Crippen LogP contribution in [0, 0.1) is 6.92 Å². The third-order valence-electron chi connectivity index (χ3n) is 5.59. The Morgan fingerprint density at radius 3 is 2.32 bits per heavy atom. The number of aliphatic carboxylic acids is 1. The van der Waals surface area contributed by atoms with Gasteiger partial charge in [-0.15, -0.1) is 0 Å². The highest BCUT2D eigenvalue weighted by molar-refractivity contribution is 5.81. The van der Waals surface area contributed by atoms with Crippen LogP contribution in [-0.2, 0) is 16.0 Å². The molecule has 158 valence electrons.